The van der Waals surface area contributed by atoms with Crippen LogP contribution in [-0.4, -0.2) is 33.4 Å². The first kappa shape index (κ1) is 18.3. The van der Waals surface area contributed by atoms with Crippen molar-refractivity contribution >= 4 is 34.1 Å². The largest absolute Gasteiger partial charge is 0.465 e. The van der Waals surface area contributed by atoms with Crippen LogP contribution in [0.2, 0.25) is 0 Å². The number of benzene rings is 2. The maximum Gasteiger partial charge on any atom is 0.404 e. The van der Waals surface area contributed by atoms with E-state index >= 15 is 0 Å². The third-order valence-corrected chi connectivity index (χ3v) is 5.88. The van der Waals surface area contributed by atoms with E-state index in [2.05, 4.69) is 5.32 Å². The lowest BCUT2D eigenvalue weighted by atomic mass is 10.2. The zero-order valence-electron chi connectivity index (χ0n) is 13.9. The van der Waals surface area contributed by atoms with E-state index in [4.69, 9.17) is 5.11 Å². The van der Waals surface area contributed by atoms with E-state index in [9.17, 15) is 18.3 Å². The SMILES string of the molecule is O=C(O)NCCCCN1c2c(F)cccc2N(c2ccccc2)S1(O)O. The second-order valence-corrected chi connectivity index (χ2v) is 7.55. The molecule has 26 heavy (non-hydrogen) atoms. The van der Waals surface area contributed by atoms with Crippen LogP contribution in [0.1, 0.15) is 12.8 Å². The van der Waals surface area contributed by atoms with Gasteiger partial charge in [0.05, 0.1) is 11.4 Å². The quantitative estimate of drug-likeness (QED) is 0.554. The first-order chi connectivity index (χ1) is 12.4. The molecule has 0 aliphatic carbocycles. The van der Waals surface area contributed by atoms with Crippen molar-refractivity contribution in [3.63, 3.8) is 0 Å². The summed E-state index contributed by atoms with van der Waals surface area (Å²) in [6.07, 6.45) is -0.151. The average molecular weight is 381 g/mol. The minimum absolute atomic E-state index is 0.141. The Morgan fingerprint density at radius 2 is 1.81 bits per heavy atom. The minimum Gasteiger partial charge on any atom is -0.465 e. The molecule has 0 spiro atoms. The lowest BCUT2D eigenvalue weighted by Crippen LogP contribution is -2.32. The van der Waals surface area contributed by atoms with Gasteiger partial charge in [-0.2, -0.15) is 0 Å². The summed E-state index contributed by atoms with van der Waals surface area (Å²) >= 11 is 0. The molecule has 7 nitrogen and oxygen atoms in total. The molecule has 2 aromatic rings. The summed E-state index contributed by atoms with van der Waals surface area (Å²) in [5, 5.41) is 10.8. The lowest BCUT2D eigenvalue weighted by Gasteiger charge is -2.43. The second-order valence-electron chi connectivity index (χ2n) is 5.77. The van der Waals surface area contributed by atoms with E-state index in [0.29, 0.717) is 24.2 Å². The standard InChI is InChI=1S/C17H20FN3O4S/c18-14-9-6-10-15-16(14)20(12-5-4-11-19-17(22)23)26(24,25)21(15)13-7-2-1-3-8-13/h1-3,6-10,19,24-25H,4-5,11-12H2,(H,22,23). The van der Waals surface area contributed by atoms with Gasteiger partial charge in [-0.3, -0.25) is 9.11 Å². The van der Waals surface area contributed by atoms with Gasteiger partial charge in [-0.05, 0) is 48.1 Å². The van der Waals surface area contributed by atoms with Gasteiger partial charge in [0.2, 0.25) is 0 Å². The zero-order chi connectivity index (χ0) is 18.7. The molecule has 4 N–H and O–H groups in total. The molecule has 2 aromatic carbocycles. The number of rotatable bonds is 6. The predicted octanol–water partition coefficient (Wildman–Crippen LogP) is 4.41. The highest BCUT2D eigenvalue weighted by Crippen LogP contribution is 2.64. The molecular weight excluding hydrogens is 361 g/mol. The van der Waals surface area contributed by atoms with Crippen molar-refractivity contribution in [3.05, 3.63) is 54.3 Å². The number of para-hydroxylation sites is 2. The minimum atomic E-state index is -3.48. The summed E-state index contributed by atoms with van der Waals surface area (Å²) in [5.41, 5.74) is 1.08. The smallest absolute Gasteiger partial charge is 0.404 e. The van der Waals surface area contributed by atoms with Crippen LogP contribution in [0.15, 0.2) is 48.5 Å². The molecule has 1 aliphatic rings. The van der Waals surface area contributed by atoms with Gasteiger partial charge < -0.3 is 10.4 Å². The average Bonchev–Trinajstić information content (AvgIpc) is 2.83. The number of carbonyl (C=O) groups is 1. The number of unbranched alkanes of at least 4 members (excludes halogenated alkanes) is 1. The fourth-order valence-electron chi connectivity index (χ4n) is 2.92. The van der Waals surface area contributed by atoms with Crippen LogP contribution >= 0.6 is 11.0 Å². The normalized spacial score (nSPS) is 16.3. The molecule has 140 valence electrons. The molecule has 0 fully saturated rings. The number of hydrogen-bond acceptors (Lipinski definition) is 5. The van der Waals surface area contributed by atoms with Gasteiger partial charge in [-0.25, -0.2) is 17.8 Å². The molecule has 0 bridgehead atoms. The number of nitrogens with zero attached hydrogens (tertiary/aromatic N) is 2. The molecular formula is C17H20FN3O4S. The Hall–Kier alpha value is -2.49. The summed E-state index contributed by atoms with van der Waals surface area (Å²) in [6, 6.07) is 13.2. The molecule has 0 radical (unpaired) electrons. The van der Waals surface area contributed by atoms with E-state index in [0.717, 1.165) is 0 Å². The Kier molecular flexibility index (Phi) is 5.21. The number of anilines is 3. The van der Waals surface area contributed by atoms with Crippen LogP contribution in [0.3, 0.4) is 0 Å². The van der Waals surface area contributed by atoms with E-state index in [1.165, 1.54) is 20.7 Å². The van der Waals surface area contributed by atoms with Gasteiger partial charge in [0.15, 0.2) is 0 Å². The van der Waals surface area contributed by atoms with Crippen LogP contribution < -0.4 is 13.9 Å². The first-order valence-electron chi connectivity index (χ1n) is 8.09. The number of fused-ring (bicyclic) bond motifs is 1. The molecule has 0 atom stereocenters. The summed E-state index contributed by atoms with van der Waals surface area (Å²) in [5.74, 6) is -0.537. The third-order valence-electron chi connectivity index (χ3n) is 4.03. The third kappa shape index (κ3) is 3.41. The van der Waals surface area contributed by atoms with Crippen LogP contribution in [0.5, 0.6) is 0 Å². The fraction of sp³-hybridized carbons (Fsp3) is 0.235. The molecule has 1 heterocycles. The Morgan fingerprint density at radius 3 is 2.50 bits per heavy atom. The Balaban J connectivity index is 1.87. The van der Waals surface area contributed by atoms with Gasteiger partial charge in [-0.1, -0.05) is 24.3 Å². The number of nitrogens with one attached hydrogen (secondary N) is 1. The van der Waals surface area contributed by atoms with Crippen molar-refractivity contribution in [2.45, 2.75) is 12.8 Å². The molecule has 1 aliphatic heterocycles. The lowest BCUT2D eigenvalue weighted by molar-refractivity contribution is 0.194. The van der Waals surface area contributed by atoms with Gasteiger partial charge in [-0.15, -0.1) is 0 Å². The van der Waals surface area contributed by atoms with Crippen LogP contribution in [0.25, 0.3) is 0 Å². The predicted molar refractivity (Wildman–Crippen MR) is 100 cm³/mol. The summed E-state index contributed by atoms with van der Waals surface area (Å²) in [4.78, 5) is 10.5. The molecule has 0 saturated carbocycles. The van der Waals surface area contributed by atoms with Crippen LogP contribution in [-0.2, 0) is 0 Å². The highest BCUT2D eigenvalue weighted by Gasteiger charge is 2.43. The van der Waals surface area contributed by atoms with E-state index in [1.807, 2.05) is 6.07 Å². The van der Waals surface area contributed by atoms with Gasteiger partial charge >= 0.3 is 6.09 Å². The summed E-state index contributed by atoms with van der Waals surface area (Å²) < 4.78 is 38.8. The molecule has 3 rings (SSSR count). The highest BCUT2D eigenvalue weighted by molar-refractivity contribution is 8.27. The second kappa shape index (κ2) is 7.40. The fourth-order valence-corrected chi connectivity index (χ4v) is 4.73. The zero-order valence-corrected chi connectivity index (χ0v) is 14.7. The summed E-state index contributed by atoms with van der Waals surface area (Å²) in [6.45, 7) is 0.426. The first-order valence-corrected chi connectivity index (χ1v) is 9.55. The highest BCUT2D eigenvalue weighted by atomic mass is 32.3. The maximum atomic E-state index is 14.5. The van der Waals surface area contributed by atoms with Crippen molar-refractivity contribution in [1.82, 2.24) is 5.32 Å². The van der Waals surface area contributed by atoms with Gasteiger partial charge in [0, 0.05) is 13.1 Å². The summed E-state index contributed by atoms with van der Waals surface area (Å²) in [7, 11) is -3.48. The molecule has 1 amide bonds. The van der Waals surface area contributed by atoms with E-state index in [1.54, 1.807) is 30.3 Å². The van der Waals surface area contributed by atoms with Crippen molar-refractivity contribution in [1.29, 1.82) is 0 Å². The van der Waals surface area contributed by atoms with Gasteiger partial charge in [0.25, 0.3) is 0 Å². The van der Waals surface area contributed by atoms with E-state index < -0.39 is 22.9 Å². The Bertz CT molecular complexity index is 791. The Labute approximate surface area is 152 Å². The Morgan fingerprint density at radius 1 is 1.08 bits per heavy atom. The van der Waals surface area contributed by atoms with Crippen molar-refractivity contribution < 1.29 is 23.4 Å². The number of hydrogen-bond donors (Lipinski definition) is 4. The molecule has 0 saturated heterocycles. The van der Waals surface area contributed by atoms with E-state index in [-0.39, 0.29) is 18.8 Å². The molecule has 9 heteroatoms. The monoisotopic (exact) mass is 381 g/mol. The van der Waals surface area contributed by atoms with Crippen LogP contribution in [0.4, 0.5) is 26.2 Å². The van der Waals surface area contributed by atoms with Crippen molar-refractivity contribution in [3.8, 4) is 0 Å². The van der Waals surface area contributed by atoms with Crippen molar-refractivity contribution in [2.24, 2.45) is 0 Å². The van der Waals surface area contributed by atoms with Crippen LogP contribution in [0, 0.1) is 5.82 Å². The number of carboxylic acid groups (broad SMARTS) is 1. The topological polar surface area (TPSA) is 96.3 Å². The number of amides is 1. The maximum absolute atomic E-state index is 14.5. The van der Waals surface area contributed by atoms with Crippen molar-refractivity contribution in [2.75, 3.05) is 21.7 Å². The van der Waals surface area contributed by atoms with Gasteiger partial charge in [0.1, 0.15) is 11.5 Å². The molecule has 0 unspecified atom stereocenters. The molecule has 0 aromatic heterocycles. The number of halogens is 1.